The summed E-state index contributed by atoms with van der Waals surface area (Å²) >= 11 is -1.19. The lowest BCUT2D eigenvalue weighted by atomic mass is 9.73. The lowest BCUT2D eigenvalue weighted by molar-refractivity contribution is 0.0764. The molecule has 1 aromatic rings. The van der Waals surface area contributed by atoms with Gasteiger partial charge in [0.2, 0.25) is 0 Å². The van der Waals surface area contributed by atoms with E-state index in [0.717, 1.165) is 25.0 Å². The number of aromatic nitrogens is 1. The SMILES string of the molecule is Cc1cc2c(cn1)CC1(CCN(C(=O)O)CC1)[C@@H]2N[S+]([O-])C(C)(C)C. The molecule has 1 fully saturated rings. The van der Waals surface area contributed by atoms with Crippen LogP contribution < -0.4 is 4.72 Å². The standard InChI is InChI=1S/C18H27N3O3S/c1-12-9-14-13(11-19-12)10-18(5-7-21(8-6-18)16(22)23)15(14)20-25(24)17(2,3)4/h9,11,15,20H,5-8,10H2,1-4H3,(H,22,23)/t15-,25?/m1/s1. The highest BCUT2D eigenvalue weighted by Gasteiger charge is 2.51. The molecule has 2 atom stereocenters. The summed E-state index contributed by atoms with van der Waals surface area (Å²) in [7, 11) is 0. The average Bonchev–Trinajstić information content (AvgIpc) is 2.80. The average molecular weight is 365 g/mol. The van der Waals surface area contributed by atoms with Crippen molar-refractivity contribution >= 4 is 17.5 Å². The smallest absolute Gasteiger partial charge is 0.407 e. The number of carboxylic acid groups (broad SMARTS) is 1. The van der Waals surface area contributed by atoms with Gasteiger partial charge in [-0.15, -0.1) is 4.72 Å². The molecule has 1 amide bonds. The zero-order valence-electron chi connectivity index (χ0n) is 15.3. The van der Waals surface area contributed by atoms with Crippen molar-refractivity contribution in [3.63, 3.8) is 0 Å². The Kier molecular flexibility index (Phi) is 4.77. The largest absolute Gasteiger partial charge is 0.598 e. The molecule has 2 aliphatic rings. The number of carbonyl (C=O) groups is 1. The highest BCUT2D eigenvalue weighted by molar-refractivity contribution is 7.90. The van der Waals surface area contributed by atoms with Gasteiger partial charge in [0, 0.05) is 41.8 Å². The van der Waals surface area contributed by atoms with Crippen molar-refractivity contribution in [3.8, 4) is 0 Å². The minimum absolute atomic E-state index is 0.0276. The molecular weight excluding hydrogens is 338 g/mol. The van der Waals surface area contributed by atoms with Crippen LogP contribution in [0.1, 0.15) is 56.5 Å². The van der Waals surface area contributed by atoms with E-state index in [0.29, 0.717) is 13.1 Å². The van der Waals surface area contributed by atoms with Gasteiger partial charge in [0.25, 0.3) is 0 Å². The number of likely N-dealkylation sites (tertiary alicyclic amines) is 1. The Labute approximate surface area is 152 Å². The lowest BCUT2D eigenvalue weighted by Gasteiger charge is -2.43. The first-order valence-electron chi connectivity index (χ1n) is 8.74. The first-order chi connectivity index (χ1) is 11.6. The van der Waals surface area contributed by atoms with Crippen molar-refractivity contribution in [1.29, 1.82) is 0 Å². The van der Waals surface area contributed by atoms with Gasteiger partial charge in [-0.05, 0) is 64.2 Å². The molecule has 1 spiro atoms. The monoisotopic (exact) mass is 365 g/mol. The Morgan fingerprint density at radius 1 is 1.44 bits per heavy atom. The van der Waals surface area contributed by atoms with E-state index in [-0.39, 0.29) is 16.2 Å². The Balaban J connectivity index is 1.91. The molecule has 0 bridgehead atoms. The minimum atomic E-state index is -1.19. The van der Waals surface area contributed by atoms with Crippen LogP contribution >= 0.6 is 0 Å². The molecule has 3 rings (SSSR count). The number of piperidine rings is 1. The van der Waals surface area contributed by atoms with Gasteiger partial charge in [0.1, 0.15) is 4.75 Å². The maximum absolute atomic E-state index is 12.8. The molecule has 2 heterocycles. The maximum Gasteiger partial charge on any atom is 0.407 e. The van der Waals surface area contributed by atoms with Crippen LogP contribution in [-0.2, 0) is 17.8 Å². The highest BCUT2D eigenvalue weighted by atomic mass is 32.2. The molecule has 1 aliphatic heterocycles. The van der Waals surface area contributed by atoms with Crippen molar-refractivity contribution in [2.75, 3.05) is 13.1 Å². The molecule has 2 N–H and O–H groups in total. The quantitative estimate of drug-likeness (QED) is 0.787. The van der Waals surface area contributed by atoms with E-state index in [1.165, 1.54) is 16.0 Å². The fraction of sp³-hybridized carbons (Fsp3) is 0.667. The molecular formula is C18H27N3O3S. The van der Waals surface area contributed by atoms with Gasteiger partial charge in [-0.2, -0.15) is 0 Å². The van der Waals surface area contributed by atoms with Gasteiger partial charge < -0.3 is 14.6 Å². The first-order valence-corrected chi connectivity index (χ1v) is 9.89. The molecule has 1 unspecified atom stereocenters. The number of pyridine rings is 1. The van der Waals surface area contributed by atoms with E-state index < -0.39 is 17.5 Å². The van der Waals surface area contributed by atoms with Crippen LogP contribution in [0.2, 0.25) is 0 Å². The van der Waals surface area contributed by atoms with Crippen LogP contribution in [0.4, 0.5) is 4.79 Å². The molecule has 0 aromatic carbocycles. The third-order valence-corrected chi connectivity index (χ3v) is 7.00. The molecule has 0 radical (unpaired) electrons. The number of nitrogens with one attached hydrogen (secondary N) is 1. The number of amides is 1. The van der Waals surface area contributed by atoms with Crippen molar-refractivity contribution in [1.82, 2.24) is 14.6 Å². The molecule has 1 saturated heterocycles. The van der Waals surface area contributed by atoms with E-state index >= 15 is 0 Å². The third kappa shape index (κ3) is 3.50. The summed E-state index contributed by atoms with van der Waals surface area (Å²) in [6, 6.07) is 2.06. The zero-order valence-corrected chi connectivity index (χ0v) is 16.2. The lowest BCUT2D eigenvalue weighted by Crippen LogP contribution is -2.50. The van der Waals surface area contributed by atoms with Crippen molar-refractivity contribution < 1.29 is 14.5 Å². The van der Waals surface area contributed by atoms with Crippen molar-refractivity contribution in [2.24, 2.45) is 5.41 Å². The van der Waals surface area contributed by atoms with E-state index in [1.54, 1.807) is 0 Å². The van der Waals surface area contributed by atoms with Crippen LogP contribution in [0.15, 0.2) is 12.3 Å². The van der Waals surface area contributed by atoms with Crippen LogP contribution in [0.3, 0.4) is 0 Å². The van der Waals surface area contributed by atoms with Gasteiger partial charge in [0.05, 0.1) is 6.04 Å². The molecule has 1 aliphatic carbocycles. The van der Waals surface area contributed by atoms with Gasteiger partial charge in [-0.1, -0.05) is 0 Å². The summed E-state index contributed by atoms with van der Waals surface area (Å²) < 4.78 is 15.8. The fourth-order valence-electron chi connectivity index (χ4n) is 3.92. The Morgan fingerprint density at radius 2 is 2.08 bits per heavy atom. The van der Waals surface area contributed by atoms with Crippen LogP contribution in [-0.4, -0.2) is 43.5 Å². The highest BCUT2D eigenvalue weighted by Crippen LogP contribution is 2.52. The van der Waals surface area contributed by atoms with Crippen molar-refractivity contribution in [3.05, 3.63) is 29.1 Å². The normalized spacial score (nSPS) is 23.6. The predicted molar refractivity (Wildman–Crippen MR) is 97.7 cm³/mol. The first kappa shape index (κ1) is 18.5. The third-order valence-electron chi connectivity index (χ3n) is 5.44. The van der Waals surface area contributed by atoms with Crippen LogP contribution in [0.25, 0.3) is 0 Å². The Hall–Kier alpha value is -1.31. The van der Waals surface area contributed by atoms with E-state index in [2.05, 4.69) is 15.8 Å². The number of fused-ring (bicyclic) bond motifs is 1. The van der Waals surface area contributed by atoms with Gasteiger partial charge in [-0.25, -0.2) is 4.79 Å². The molecule has 7 heteroatoms. The van der Waals surface area contributed by atoms with Crippen molar-refractivity contribution in [2.45, 2.75) is 57.7 Å². The molecule has 6 nitrogen and oxygen atoms in total. The molecule has 0 saturated carbocycles. The Bertz CT molecular complexity index is 666. The second-order valence-electron chi connectivity index (χ2n) is 8.27. The van der Waals surface area contributed by atoms with Crippen LogP contribution in [0.5, 0.6) is 0 Å². The molecule has 138 valence electrons. The number of nitrogens with zero attached hydrogens (tertiary/aromatic N) is 2. The summed E-state index contributed by atoms with van der Waals surface area (Å²) in [5, 5.41) is 9.25. The number of hydrogen-bond acceptors (Lipinski definition) is 4. The zero-order chi connectivity index (χ0) is 18.4. The van der Waals surface area contributed by atoms with Gasteiger partial charge in [0.15, 0.2) is 0 Å². The molecule has 1 aromatic heterocycles. The number of hydrogen-bond donors (Lipinski definition) is 2. The van der Waals surface area contributed by atoms with E-state index in [1.807, 2.05) is 33.9 Å². The fourth-order valence-corrected chi connectivity index (χ4v) is 4.86. The van der Waals surface area contributed by atoms with E-state index in [9.17, 15) is 14.5 Å². The number of aryl methyl sites for hydroxylation is 1. The van der Waals surface area contributed by atoms with Crippen LogP contribution in [0, 0.1) is 12.3 Å². The number of rotatable bonds is 2. The summed E-state index contributed by atoms with van der Waals surface area (Å²) in [5.74, 6) is 0. The van der Waals surface area contributed by atoms with Gasteiger partial charge in [-0.3, -0.25) is 4.98 Å². The Morgan fingerprint density at radius 3 is 2.64 bits per heavy atom. The summed E-state index contributed by atoms with van der Waals surface area (Å²) in [4.78, 5) is 17.2. The minimum Gasteiger partial charge on any atom is -0.598 e. The summed E-state index contributed by atoms with van der Waals surface area (Å²) in [6.07, 6.45) is 3.48. The topological polar surface area (TPSA) is 88.5 Å². The predicted octanol–water partition coefficient (Wildman–Crippen LogP) is 2.80. The maximum atomic E-state index is 12.8. The summed E-state index contributed by atoms with van der Waals surface area (Å²) in [6.45, 7) is 8.90. The van der Waals surface area contributed by atoms with Gasteiger partial charge >= 0.3 is 6.09 Å². The summed E-state index contributed by atoms with van der Waals surface area (Å²) in [5.41, 5.74) is 3.23. The molecule has 25 heavy (non-hydrogen) atoms. The second-order valence-corrected chi connectivity index (χ2v) is 10.3. The second kappa shape index (κ2) is 6.45. The van der Waals surface area contributed by atoms with E-state index in [4.69, 9.17) is 0 Å².